The van der Waals surface area contributed by atoms with Crippen LogP contribution in [0.2, 0.25) is 0 Å². The van der Waals surface area contributed by atoms with Crippen molar-refractivity contribution >= 4 is 5.69 Å². The van der Waals surface area contributed by atoms with Crippen LogP contribution in [0.15, 0.2) is 54.3 Å². The monoisotopic (exact) mass is 378 g/mol. The lowest BCUT2D eigenvalue weighted by molar-refractivity contribution is -0.184. The number of ether oxygens (including phenoxy) is 1. The fourth-order valence-corrected chi connectivity index (χ4v) is 4.14. The van der Waals surface area contributed by atoms with Crippen LogP contribution in [0.1, 0.15) is 30.7 Å². The summed E-state index contributed by atoms with van der Waals surface area (Å²) in [7, 11) is 0. The Morgan fingerprint density at radius 1 is 1.19 bits per heavy atom. The highest BCUT2D eigenvalue weighted by atomic mass is 19.4. The number of hydrogen-bond donors (Lipinski definition) is 2. The summed E-state index contributed by atoms with van der Waals surface area (Å²) in [6.45, 7) is 0. The second-order valence-corrected chi connectivity index (χ2v) is 7.21. The molecular weight excluding hydrogens is 357 g/mol. The number of fused-ring (bicyclic) bond motifs is 1. The number of nitrogens with zero attached hydrogens (tertiary/aromatic N) is 2. The molecule has 27 heavy (non-hydrogen) atoms. The minimum atomic E-state index is -4.24. The van der Waals surface area contributed by atoms with Gasteiger partial charge in [0.15, 0.2) is 6.23 Å². The zero-order valence-electron chi connectivity index (χ0n) is 14.6. The normalized spacial score (nSPS) is 30.5. The number of nitrogens with two attached hydrogens (primary N) is 2. The summed E-state index contributed by atoms with van der Waals surface area (Å²) < 4.78 is 45.6. The van der Waals surface area contributed by atoms with Crippen LogP contribution in [0.3, 0.4) is 0 Å². The van der Waals surface area contributed by atoms with Crippen LogP contribution in [0.5, 0.6) is 0 Å². The molecule has 0 radical (unpaired) electrons. The van der Waals surface area contributed by atoms with Crippen molar-refractivity contribution < 1.29 is 17.9 Å². The second kappa shape index (κ2) is 6.69. The van der Waals surface area contributed by atoms with Crippen molar-refractivity contribution in [3.8, 4) is 0 Å². The minimum absolute atomic E-state index is 0.0230. The molecule has 8 heteroatoms. The van der Waals surface area contributed by atoms with Gasteiger partial charge in [0, 0.05) is 18.4 Å². The number of aromatic nitrogens is 1. The first-order chi connectivity index (χ1) is 12.8. The number of rotatable bonds is 2. The summed E-state index contributed by atoms with van der Waals surface area (Å²) in [5.41, 5.74) is 14.1. The van der Waals surface area contributed by atoms with Crippen LogP contribution in [0.25, 0.3) is 0 Å². The Labute approximate surface area is 155 Å². The van der Waals surface area contributed by atoms with Crippen LogP contribution in [-0.4, -0.2) is 23.4 Å². The molecule has 1 aromatic heterocycles. The Bertz CT molecular complexity index is 817. The van der Waals surface area contributed by atoms with E-state index < -0.39 is 24.4 Å². The van der Waals surface area contributed by atoms with Gasteiger partial charge in [0.1, 0.15) is 5.76 Å². The molecule has 4 rings (SSSR count). The molecule has 0 aromatic carbocycles. The fraction of sp³-hybridized carbons (Fsp3) is 0.421. The highest BCUT2D eigenvalue weighted by molar-refractivity contribution is 5.66. The predicted octanol–water partition coefficient (Wildman–Crippen LogP) is 3.27. The van der Waals surface area contributed by atoms with Gasteiger partial charge in [-0.05, 0) is 55.0 Å². The SMILES string of the molecule is NC1CC(c2ccncc2N2C=CC=C3OC(N)C=C32)CC(C(F)(F)F)C1. The molecule has 0 bridgehead atoms. The Balaban J connectivity index is 1.69. The first-order valence-corrected chi connectivity index (χ1v) is 8.91. The highest BCUT2D eigenvalue weighted by Crippen LogP contribution is 2.46. The van der Waals surface area contributed by atoms with E-state index in [9.17, 15) is 13.2 Å². The van der Waals surface area contributed by atoms with Crippen LogP contribution < -0.4 is 16.4 Å². The minimum Gasteiger partial charge on any atom is -0.470 e. The lowest BCUT2D eigenvalue weighted by atomic mass is 9.75. The Morgan fingerprint density at radius 3 is 2.78 bits per heavy atom. The van der Waals surface area contributed by atoms with E-state index in [4.69, 9.17) is 16.2 Å². The van der Waals surface area contributed by atoms with Gasteiger partial charge in [-0.15, -0.1) is 0 Å². The largest absolute Gasteiger partial charge is 0.470 e. The number of halogens is 3. The summed E-state index contributed by atoms with van der Waals surface area (Å²) >= 11 is 0. The predicted molar refractivity (Wildman–Crippen MR) is 95.2 cm³/mol. The molecule has 0 saturated heterocycles. The third-order valence-corrected chi connectivity index (χ3v) is 5.32. The van der Waals surface area contributed by atoms with Gasteiger partial charge >= 0.3 is 6.18 Å². The second-order valence-electron chi connectivity index (χ2n) is 7.21. The Kier molecular flexibility index (Phi) is 4.47. The van der Waals surface area contributed by atoms with Crippen LogP contribution in [0.4, 0.5) is 18.9 Å². The van der Waals surface area contributed by atoms with Crippen molar-refractivity contribution in [2.45, 2.75) is 43.6 Å². The van der Waals surface area contributed by atoms with Crippen LogP contribution in [-0.2, 0) is 4.74 Å². The van der Waals surface area contributed by atoms with E-state index in [0.717, 1.165) is 16.9 Å². The third kappa shape index (κ3) is 3.46. The molecule has 1 aliphatic carbocycles. The van der Waals surface area contributed by atoms with Gasteiger partial charge in [-0.2, -0.15) is 13.2 Å². The molecule has 5 nitrogen and oxygen atoms in total. The van der Waals surface area contributed by atoms with Crippen molar-refractivity contribution in [3.05, 3.63) is 59.9 Å². The molecule has 0 amide bonds. The quantitative estimate of drug-likeness (QED) is 0.826. The number of anilines is 1. The van der Waals surface area contributed by atoms with E-state index >= 15 is 0 Å². The first-order valence-electron chi connectivity index (χ1n) is 8.91. The maximum Gasteiger partial charge on any atom is 0.391 e. The lowest BCUT2D eigenvalue weighted by Crippen LogP contribution is -2.38. The number of pyridine rings is 1. The highest BCUT2D eigenvalue weighted by Gasteiger charge is 2.45. The summed E-state index contributed by atoms with van der Waals surface area (Å²) in [5, 5.41) is 0. The lowest BCUT2D eigenvalue weighted by Gasteiger charge is -2.36. The molecule has 144 valence electrons. The maximum atomic E-state index is 13.3. The van der Waals surface area contributed by atoms with E-state index in [2.05, 4.69) is 4.98 Å². The summed E-state index contributed by atoms with van der Waals surface area (Å²) in [5.74, 6) is -1.05. The van der Waals surface area contributed by atoms with E-state index in [-0.39, 0.29) is 18.8 Å². The number of hydrogen-bond acceptors (Lipinski definition) is 5. The smallest absolute Gasteiger partial charge is 0.391 e. The van der Waals surface area contributed by atoms with Crippen molar-refractivity contribution in [2.24, 2.45) is 17.4 Å². The Morgan fingerprint density at radius 2 is 2.00 bits per heavy atom. The molecule has 1 aromatic rings. The average molecular weight is 378 g/mol. The van der Waals surface area contributed by atoms with Crippen molar-refractivity contribution in [2.75, 3.05) is 4.90 Å². The van der Waals surface area contributed by atoms with Crippen molar-refractivity contribution in [1.82, 2.24) is 4.98 Å². The van der Waals surface area contributed by atoms with Crippen LogP contribution >= 0.6 is 0 Å². The third-order valence-electron chi connectivity index (χ3n) is 5.32. The number of alkyl halides is 3. The molecule has 1 fully saturated rings. The molecule has 4 unspecified atom stereocenters. The van der Waals surface area contributed by atoms with E-state index in [1.807, 2.05) is 17.2 Å². The zero-order valence-corrected chi connectivity index (χ0v) is 14.6. The van der Waals surface area contributed by atoms with E-state index in [1.54, 1.807) is 30.6 Å². The van der Waals surface area contributed by atoms with Gasteiger partial charge in [-0.3, -0.25) is 10.7 Å². The van der Waals surface area contributed by atoms with Crippen LogP contribution in [0, 0.1) is 5.92 Å². The van der Waals surface area contributed by atoms with Gasteiger partial charge in [0.25, 0.3) is 0 Å². The molecule has 0 spiro atoms. The molecule has 2 aliphatic heterocycles. The molecule has 4 N–H and O–H groups in total. The zero-order chi connectivity index (χ0) is 19.2. The van der Waals surface area contributed by atoms with Gasteiger partial charge < -0.3 is 15.4 Å². The van der Waals surface area contributed by atoms with Gasteiger partial charge in [0.05, 0.1) is 23.5 Å². The standard InChI is InChI=1S/C19H21F3N4O/c20-19(21,22)12-6-11(7-13(23)8-12)14-3-4-25-10-16(14)26-5-1-2-17-15(26)9-18(24)27-17/h1-5,9-13,18H,6-8,23-24H2. The number of allylic oxidation sites excluding steroid dienone is 2. The molecule has 1 saturated carbocycles. The van der Waals surface area contributed by atoms with Crippen molar-refractivity contribution in [3.63, 3.8) is 0 Å². The van der Waals surface area contributed by atoms with Gasteiger partial charge in [0.2, 0.25) is 0 Å². The molecule has 4 atom stereocenters. The van der Waals surface area contributed by atoms with E-state index in [1.165, 1.54) is 0 Å². The summed E-state index contributed by atoms with van der Waals surface area (Å²) in [6.07, 6.45) is 6.23. The van der Waals surface area contributed by atoms with E-state index in [0.29, 0.717) is 12.2 Å². The molecular formula is C19H21F3N4O. The topological polar surface area (TPSA) is 77.4 Å². The maximum absolute atomic E-state index is 13.3. The van der Waals surface area contributed by atoms with Crippen molar-refractivity contribution in [1.29, 1.82) is 0 Å². The Hall–Kier alpha value is -2.32. The fourth-order valence-electron chi connectivity index (χ4n) is 4.14. The molecule has 3 aliphatic rings. The molecule has 3 heterocycles. The average Bonchev–Trinajstić information content (AvgIpc) is 3.00. The first kappa shape index (κ1) is 18.1. The van der Waals surface area contributed by atoms with Gasteiger partial charge in [-0.25, -0.2) is 0 Å². The summed E-state index contributed by atoms with van der Waals surface area (Å²) in [6, 6.07) is 1.30. The summed E-state index contributed by atoms with van der Waals surface area (Å²) in [4.78, 5) is 6.06. The van der Waals surface area contributed by atoms with Gasteiger partial charge in [-0.1, -0.05) is 0 Å².